The number of methoxy groups -OCH3 is 2. The molecule has 0 unspecified atom stereocenters. The normalized spacial score (nSPS) is 10.0. The van der Waals surface area contributed by atoms with Crippen LogP contribution in [0.4, 0.5) is 0 Å². The van der Waals surface area contributed by atoms with Crippen molar-refractivity contribution in [1.29, 1.82) is 0 Å². The maximum Gasteiger partial charge on any atom is 0.320 e. The molecule has 0 saturated carbocycles. The summed E-state index contributed by atoms with van der Waals surface area (Å²) in [5, 5.41) is 0. The number of esters is 2. The number of hydrogen-bond donors (Lipinski definition) is 0. The van der Waals surface area contributed by atoms with Crippen LogP contribution in [0.25, 0.3) is 0 Å². The molecular formula is C9H16O5. The lowest BCUT2D eigenvalue weighted by Crippen LogP contribution is -2.27. The van der Waals surface area contributed by atoms with Crippen LogP contribution in [0.2, 0.25) is 0 Å². The summed E-state index contributed by atoms with van der Waals surface area (Å²) < 4.78 is 14.0. The second kappa shape index (κ2) is 7.32. The van der Waals surface area contributed by atoms with E-state index >= 15 is 0 Å². The summed E-state index contributed by atoms with van der Waals surface area (Å²) in [4.78, 5) is 22.3. The van der Waals surface area contributed by atoms with Crippen molar-refractivity contribution in [3.8, 4) is 0 Å². The molecule has 5 heteroatoms. The predicted molar refractivity (Wildman–Crippen MR) is 48.6 cm³/mol. The molecule has 0 N–H and O–H groups in total. The fraction of sp³-hybridized carbons (Fsp3) is 0.778. The fourth-order valence-corrected chi connectivity index (χ4v) is 0.962. The topological polar surface area (TPSA) is 61.8 Å². The van der Waals surface area contributed by atoms with E-state index < -0.39 is 17.9 Å². The first-order valence-corrected chi connectivity index (χ1v) is 4.40. The molecule has 0 aliphatic rings. The van der Waals surface area contributed by atoms with Gasteiger partial charge in [-0.15, -0.1) is 0 Å². The largest absolute Gasteiger partial charge is 0.468 e. The highest BCUT2D eigenvalue weighted by molar-refractivity contribution is 5.94. The van der Waals surface area contributed by atoms with Crippen molar-refractivity contribution in [1.82, 2.24) is 0 Å². The monoisotopic (exact) mass is 204 g/mol. The van der Waals surface area contributed by atoms with Crippen molar-refractivity contribution in [2.24, 2.45) is 5.92 Å². The summed E-state index contributed by atoms with van der Waals surface area (Å²) in [6.07, 6.45) is 0.285. The van der Waals surface area contributed by atoms with Gasteiger partial charge in [-0.05, 0) is 13.3 Å². The van der Waals surface area contributed by atoms with Crippen LogP contribution >= 0.6 is 0 Å². The van der Waals surface area contributed by atoms with Gasteiger partial charge in [-0.2, -0.15) is 0 Å². The molecule has 0 bridgehead atoms. The summed E-state index contributed by atoms with van der Waals surface area (Å²) in [5.74, 6) is -2.05. The highest BCUT2D eigenvalue weighted by atomic mass is 16.5. The molecule has 0 saturated heterocycles. The van der Waals surface area contributed by atoms with Gasteiger partial charge >= 0.3 is 11.9 Å². The minimum absolute atomic E-state index is 0.285. The Morgan fingerprint density at radius 2 is 1.64 bits per heavy atom. The van der Waals surface area contributed by atoms with Gasteiger partial charge in [0.25, 0.3) is 0 Å². The Morgan fingerprint density at radius 3 is 2.00 bits per heavy atom. The van der Waals surface area contributed by atoms with Crippen LogP contribution in [0, 0.1) is 5.92 Å². The molecule has 0 radical (unpaired) electrons. The zero-order valence-corrected chi connectivity index (χ0v) is 8.74. The summed E-state index contributed by atoms with van der Waals surface area (Å²) in [6, 6.07) is 0. The average Bonchev–Trinajstić information content (AvgIpc) is 2.22. The number of rotatable bonds is 6. The van der Waals surface area contributed by atoms with Gasteiger partial charge in [-0.25, -0.2) is 0 Å². The summed E-state index contributed by atoms with van der Waals surface area (Å²) in [6.45, 7) is 2.73. The summed E-state index contributed by atoms with van der Waals surface area (Å²) >= 11 is 0. The van der Waals surface area contributed by atoms with Crippen LogP contribution in [-0.4, -0.2) is 39.4 Å². The van der Waals surface area contributed by atoms with E-state index in [0.717, 1.165) is 0 Å². The van der Waals surface area contributed by atoms with Gasteiger partial charge in [0.05, 0.1) is 14.2 Å². The molecule has 0 aromatic rings. The first-order valence-electron chi connectivity index (χ1n) is 4.40. The van der Waals surface area contributed by atoms with E-state index in [1.54, 1.807) is 0 Å². The highest BCUT2D eigenvalue weighted by Crippen LogP contribution is 2.07. The first kappa shape index (κ1) is 12.9. The van der Waals surface area contributed by atoms with E-state index in [2.05, 4.69) is 9.47 Å². The second-order valence-corrected chi connectivity index (χ2v) is 2.58. The Kier molecular flexibility index (Phi) is 6.74. The lowest BCUT2D eigenvalue weighted by atomic mass is 10.1. The Morgan fingerprint density at radius 1 is 1.14 bits per heavy atom. The first-order chi connectivity index (χ1) is 6.67. The maximum absolute atomic E-state index is 11.1. The highest BCUT2D eigenvalue weighted by Gasteiger charge is 2.27. The van der Waals surface area contributed by atoms with Crippen molar-refractivity contribution in [3.05, 3.63) is 0 Å². The average molecular weight is 204 g/mol. The maximum atomic E-state index is 11.1. The third kappa shape index (κ3) is 4.23. The van der Waals surface area contributed by atoms with Gasteiger partial charge in [-0.3, -0.25) is 9.59 Å². The minimum atomic E-state index is -0.878. The molecule has 0 aliphatic heterocycles. The van der Waals surface area contributed by atoms with Crippen LogP contribution in [0.15, 0.2) is 0 Å². The van der Waals surface area contributed by atoms with E-state index in [-0.39, 0.29) is 6.42 Å². The molecule has 0 rings (SSSR count). The van der Waals surface area contributed by atoms with Gasteiger partial charge < -0.3 is 14.2 Å². The van der Waals surface area contributed by atoms with E-state index in [4.69, 9.17) is 4.74 Å². The molecule has 0 heterocycles. The number of carbonyl (C=O) groups is 2. The third-order valence-electron chi connectivity index (χ3n) is 1.73. The molecule has 14 heavy (non-hydrogen) atoms. The van der Waals surface area contributed by atoms with Gasteiger partial charge in [0.1, 0.15) is 0 Å². The summed E-state index contributed by atoms with van der Waals surface area (Å²) in [5.41, 5.74) is 0. The lowest BCUT2D eigenvalue weighted by molar-refractivity contribution is -0.159. The van der Waals surface area contributed by atoms with E-state index in [1.165, 1.54) is 14.2 Å². The van der Waals surface area contributed by atoms with Crippen LogP contribution in [0.1, 0.15) is 13.3 Å². The molecular weight excluding hydrogens is 188 g/mol. The van der Waals surface area contributed by atoms with E-state index in [1.807, 2.05) is 6.92 Å². The molecule has 0 aliphatic carbocycles. The number of carbonyl (C=O) groups excluding carboxylic acids is 2. The van der Waals surface area contributed by atoms with Crippen LogP contribution < -0.4 is 0 Å². The van der Waals surface area contributed by atoms with Crippen molar-refractivity contribution < 1.29 is 23.8 Å². The zero-order chi connectivity index (χ0) is 11.0. The van der Waals surface area contributed by atoms with Crippen LogP contribution in [-0.2, 0) is 23.8 Å². The number of ether oxygens (including phenoxy) is 3. The molecule has 0 spiro atoms. The Bertz CT molecular complexity index is 174. The molecule has 82 valence electrons. The van der Waals surface area contributed by atoms with Gasteiger partial charge in [0, 0.05) is 13.2 Å². The van der Waals surface area contributed by atoms with Crippen LogP contribution in [0.3, 0.4) is 0 Å². The SMILES string of the molecule is CCOCCC(C(=O)OC)C(=O)OC. The van der Waals surface area contributed by atoms with E-state index in [0.29, 0.717) is 13.2 Å². The second-order valence-electron chi connectivity index (χ2n) is 2.58. The van der Waals surface area contributed by atoms with E-state index in [9.17, 15) is 9.59 Å². The predicted octanol–water partition coefficient (Wildman–Crippen LogP) is 0.375. The Labute approximate surface area is 83.3 Å². The molecule has 5 nitrogen and oxygen atoms in total. The summed E-state index contributed by atoms with van der Waals surface area (Å²) in [7, 11) is 2.47. The van der Waals surface area contributed by atoms with Gasteiger partial charge in [0.2, 0.25) is 0 Å². The van der Waals surface area contributed by atoms with Crippen molar-refractivity contribution in [3.63, 3.8) is 0 Å². The quantitative estimate of drug-likeness (QED) is 0.355. The molecule has 0 amide bonds. The molecule has 0 aromatic heterocycles. The Hall–Kier alpha value is -1.10. The lowest BCUT2D eigenvalue weighted by Gasteiger charge is -2.11. The molecule has 0 fully saturated rings. The van der Waals surface area contributed by atoms with Crippen molar-refractivity contribution in [2.75, 3.05) is 27.4 Å². The fourth-order valence-electron chi connectivity index (χ4n) is 0.962. The molecule has 0 aromatic carbocycles. The van der Waals surface area contributed by atoms with Crippen molar-refractivity contribution >= 4 is 11.9 Å². The van der Waals surface area contributed by atoms with Crippen LogP contribution in [0.5, 0.6) is 0 Å². The third-order valence-corrected chi connectivity index (χ3v) is 1.73. The van der Waals surface area contributed by atoms with Gasteiger partial charge in [-0.1, -0.05) is 0 Å². The zero-order valence-electron chi connectivity index (χ0n) is 8.74. The van der Waals surface area contributed by atoms with Crippen molar-refractivity contribution in [2.45, 2.75) is 13.3 Å². The minimum Gasteiger partial charge on any atom is -0.468 e. The molecule has 0 atom stereocenters. The standard InChI is InChI=1S/C9H16O5/c1-4-14-6-5-7(8(10)12-2)9(11)13-3/h7H,4-6H2,1-3H3. The smallest absolute Gasteiger partial charge is 0.320 e. The number of hydrogen-bond acceptors (Lipinski definition) is 5. The Balaban J connectivity index is 4.11. The van der Waals surface area contributed by atoms with Gasteiger partial charge in [0.15, 0.2) is 5.92 Å².